The SMILES string of the molecule is CCCCCN(C)CC1(CNC(C)(C)C)CCCCCC1. The molecule has 1 aliphatic rings. The molecule has 1 aliphatic carbocycles. The Kier molecular flexibility index (Phi) is 8.26. The van der Waals surface area contributed by atoms with Crippen LogP contribution >= 0.6 is 0 Å². The molecule has 0 aromatic rings. The Morgan fingerprint density at radius 1 is 1.00 bits per heavy atom. The summed E-state index contributed by atoms with van der Waals surface area (Å²) >= 11 is 0. The molecule has 0 aliphatic heterocycles. The molecule has 0 radical (unpaired) electrons. The summed E-state index contributed by atoms with van der Waals surface area (Å²) < 4.78 is 0. The normalized spacial score (nSPS) is 19.7. The van der Waals surface area contributed by atoms with Crippen molar-refractivity contribution in [2.24, 2.45) is 5.41 Å². The van der Waals surface area contributed by atoms with Gasteiger partial charge in [0.15, 0.2) is 0 Å². The van der Waals surface area contributed by atoms with Crippen molar-refractivity contribution < 1.29 is 0 Å². The van der Waals surface area contributed by atoms with Crippen molar-refractivity contribution in [2.45, 2.75) is 91.0 Å². The molecule has 0 aromatic carbocycles. The van der Waals surface area contributed by atoms with Crippen molar-refractivity contribution in [2.75, 3.05) is 26.7 Å². The number of unbranched alkanes of at least 4 members (excludes halogenated alkanes) is 2. The number of hydrogen-bond donors (Lipinski definition) is 1. The minimum absolute atomic E-state index is 0.236. The lowest BCUT2D eigenvalue weighted by Crippen LogP contribution is -2.48. The van der Waals surface area contributed by atoms with Gasteiger partial charge in [0.25, 0.3) is 0 Å². The van der Waals surface area contributed by atoms with Crippen LogP contribution in [0.5, 0.6) is 0 Å². The average molecular weight is 297 g/mol. The molecule has 0 amide bonds. The van der Waals surface area contributed by atoms with Crippen LogP contribution in [0, 0.1) is 5.41 Å². The number of nitrogens with one attached hydrogen (secondary N) is 1. The summed E-state index contributed by atoms with van der Waals surface area (Å²) in [6, 6.07) is 0. The van der Waals surface area contributed by atoms with E-state index in [9.17, 15) is 0 Å². The fourth-order valence-corrected chi connectivity index (χ4v) is 3.61. The molecule has 0 atom stereocenters. The zero-order chi connectivity index (χ0) is 15.8. The molecule has 1 N–H and O–H groups in total. The van der Waals surface area contributed by atoms with E-state index in [1.807, 2.05) is 0 Å². The van der Waals surface area contributed by atoms with Crippen LogP contribution in [0.2, 0.25) is 0 Å². The summed E-state index contributed by atoms with van der Waals surface area (Å²) in [6.07, 6.45) is 12.6. The first kappa shape index (κ1) is 19.0. The maximum atomic E-state index is 3.81. The van der Waals surface area contributed by atoms with Crippen LogP contribution in [-0.2, 0) is 0 Å². The molecular formula is C19H40N2. The third-order valence-corrected chi connectivity index (χ3v) is 4.91. The van der Waals surface area contributed by atoms with Crippen LogP contribution in [0.15, 0.2) is 0 Å². The van der Waals surface area contributed by atoms with E-state index in [0.717, 1.165) is 0 Å². The van der Waals surface area contributed by atoms with Gasteiger partial charge in [0.2, 0.25) is 0 Å². The molecule has 0 bridgehead atoms. The van der Waals surface area contributed by atoms with Crippen molar-refractivity contribution >= 4 is 0 Å². The van der Waals surface area contributed by atoms with Gasteiger partial charge in [0, 0.05) is 18.6 Å². The van der Waals surface area contributed by atoms with Gasteiger partial charge in [-0.25, -0.2) is 0 Å². The smallest absolute Gasteiger partial charge is 0.00967 e. The second kappa shape index (κ2) is 9.15. The highest BCUT2D eigenvalue weighted by molar-refractivity contribution is 4.88. The fourth-order valence-electron chi connectivity index (χ4n) is 3.61. The first-order valence-electron chi connectivity index (χ1n) is 9.30. The van der Waals surface area contributed by atoms with E-state index in [1.165, 1.54) is 77.4 Å². The molecule has 1 saturated carbocycles. The summed E-state index contributed by atoms with van der Waals surface area (Å²) in [5.74, 6) is 0. The second-order valence-electron chi connectivity index (χ2n) is 8.46. The predicted molar refractivity (Wildman–Crippen MR) is 94.9 cm³/mol. The topological polar surface area (TPSA) is 15.3 Å². The first-order valence-corrected chi connectivity index (χ1v) is 9.30. The molecule has 0 spiro atoms. The van der Waals surface area contributed by atoms with Crippen molar-refractivity contribution in [1.82, 2.24) is 10.2 Å². The van der Waals surface area contributed by atoms with Gasteiger partial charge < -0.3 is 10.2 Å². The maximum Gasteiger partial charge on any atom is 0.00967 e. The summed E-state index contributed by atoms with van der Waals surface area (Å²) in [6.45, 7) is 12.9. The van der Waals surface area contributed by atoms with Gasteiger partial charge in [-0.05, 0) is 59.0 Å². The summed E-state index contributed by atoms with van der Waals surface area (Å²) in [7, 11) is 2.33. The van der Waals surface area contributed by atoms with Crippen LogP contribution in [-0.4, -0.2) is 37.1 Å². The lowest BCUT2D eigenvalue weighted by atomic mass is 9.79. The minimum atomic E-state index is 0.236. The molecule has 1 fully saturated rings. The van der Waals surface area contributed by atoms with Gasteiger partial charge in [0.05, 0.1) is 0 Å². The Morgan fingerprint density at radius 3 is 2.14 bits per heavy atom. The van der Waals surface area contributed by atoms with Crippen LogP contribution in [0.3, 0.4) is 0 Å². The Morgan fingerprint density at radius 2 is 1.62 bits per heavy atom. The van der Waals surface area contributed by atoms with E-state index in [2.05, 4.69) is 45.0 Å². The molecule has 0 unspecified atom stereocenters. The molecule has 0 heterocycles. The summed E-state index contributed by atoms with van der Waals surface area (Å²) in [4.78, 5) is 2.60. The Bertz CT molecular complexity index is 259. The second-order valence-corrected chi connectivity index (χ2v) is 8.46. The summed E-state index contributed by atoms with van der Waals surface area (Å²) in [5.41, 5.74) is 0.741. The zero-order valence-electron chi connectivity index (χ0n) is 15.4. The van der Waals surface area contributed by atoms with Crippen LogP contribution in [0.4, 0.5) is 0 Å². The standard InChI is InChI=1S/C19H40N2/c1-6-7-12-15-21(5)17-19(16-20-18(2,3)4)13-10-8-9-11-14-19/h20H,6-17H2,1-5H3. The van der Waals surface area contributed by atoms with E-state index in [4.69, 9.17) is 0 Å². The molecule has 2 heteroatoms. The largest absolute Gasteiger partial charge is 0.311 e. The highest BCUT2D eigenvalue weighted by atomic mass is 15.1. The van der Waals surface area contributed by atoms with Gasteiger partial charge >= 0.3 is 0 Å². The fraction of sp³-hybridized carbons (Fsp3) is 1.00. The van der Waals surface area contributed by atoms with Gasteiger partial charge in [-0.2, -0.15) is 0 Å². The van der Waals surface area contributed by atoms with E-state index in [1.54, 1.807) is 0 Å². The number of hydrogen-bond acceptors (Lipinski definition) is 2. The summed E-state index contributed by atoms with van der Waals surface area (Å²) in [5, 5.41) is 3.81. The number of nitrogens with zero attached hydrogens (tertiary/aromatic N) is 1. The Labute approximate surface area is 134 Å². The monoisotopic (exact) mass is 296 g/mol. The molecule has 21 heavy (non-hydrogen) atoms. The third-order valence-electron chi connectivity index (χ3n) is 4.91. The van der Waals surface area contributed by atoms with Crippen LogP contribution < -0.4 is 5.32 Å². The number of rotatable bonds is 8. The Hall–Kier alpha value is -0.0800. The first-order chi connectivity index (χ1) is 9.87. The lowest BCUT2D eigenvalue weighted by molar-refractivity contribution is 0.134. The highest BCUT2D eigenvalue weighted by Gasteiger charge is 2.32. The van der Waals surface area contributed by atoms with E-state index in [0.29, 0.717) is 5.41 Å². The van der Waals surface area contributed by atoms with Gasteiger partial charge in [-0.1, -0.05) is 45.4 Å². The van der Waals surface area contributed by atoms with E-state index >= 15 is 0 Å². The van der Waals surface area contributed by atoms with Gasteiger partial charge in [-0.15, -0.1) is 0 Å². The Balaban J connectivity index is 2.57. The zero-order valence-corrected chi connectivity index (χ0v) is 15.4. The third kappa shape index (κ3) is 8.21. The molecular weight excluding hydrogens is 256 g/mol. The van der Waals surface area contributed by atoms with E-state index < -0.39 is 0 Å². The lowest BCUT2D eigenvalue weighted by Gasteiger charge is -2.39. The molecule has 1 rings (SSSR count). The maximum absolute atomic E-state index is 3.81. The van der Waals surface area contributed by atoms with Crippen LogP contribution in [0.25, 0.3) is 0 Å². The molecule has 126 valence electrons. The molecule has 0 saturated heterocycles. The molecule has 0 aromatic heterocycles. The van der Waals surface area contributed by atoms with Crippen molar-refractivity contribution in [3.05, 3.63) is 0 Å². The van der Waals surface area contributed by atoms with Gasteiger partial charge in [0.1, 0.15) is 0 Å². The average Bonchev–Trinajstić information content (AvgIpc) is 2.62. The highest BCUT2D eigenvalue weighted by Crippen LogP contribution is 2.35. The van der Waals surface area contributed by atoms with E-state index in [-0.39, 0.29) is 5.54 Å². The van der Waals surface area contributed by atoms with Crippen molar-refractivity contribution in [3.8, 4) is 0 Å². The molecule has 2 nitrogen and oxygen atoms in total. The van der Waals surface area contributed by atoms with Crippen molar-refractivity contribution in [1.29, 1.82) is 0 Å². The predicted octanol–water partition coefficient (Wildman–Crippen LogP) is 4.84. The van der Waals surface area contributed by atoms with Crippen molar-refractivity contribution in [3.63, 3.8) is 0 Å². The quantitative estimate of drug-likeness (QED) is 0.509. The van der Waals surface area contributed by atoms with Crippen LogP contribution in [0.1, 0.15) is 85.5 Å². The van der Waals surface area contributed by atoms with Gasteiger partial charge in [-0.3, -0.25) is 0 Å². The minimum Gasteiger partial charge on any atom is -0.311 e.